The van der Waals surface area contributed by atoms with Crippen molar-refractivity contribution in [3.63, 3.8) is 0 Å². The topological polar surface area (TPSA) is 80.4 Å². The molecular formula is C15H19N7OS. The molecule has 4 rings (SSSR count). The van der Waals surface area contributed by atoms with Gasteiger partial charge in [0.25, 0.3) is 5.56 Å². The maximum absolute atomic E-state index is 12.3. The third-order valence-corrected chi connectivity index (χ3v) is 5.06. The molecule has 1 unspecified atom stereocenters. The number of nitrogens with zero attached hydrogens (tertiary/aromatic N) is 6. The van der Waals surface area contributed by atoms with Crippen LogP contribution in [0.2, 0.25) is 0 Å². The van der Waals surface area contributed by atoms with E-state index in [1.54, 1.807) is 39.9 Å². The lowest BCUT2D eigenvalue weighted by atomic mass is 10.1. The fourth-order valence-electron chi connectivity index (χ4n) is 3.03. The molecule has 0 aliphatic carbocycles. The molecule has 3 aromatic rings. The standard InChI is InChI=1S/C15H19N7OS/c1-10-8-22-15(17-10)24-14(19-22)18-11-4-3-6-21(9-11)12-13(23)20(2)7-5-16-12/h5,7-8,11H,3-4,6,9H2,1-2H3,(H,18,19). The van der Waals surface area contributed by atoms with Crippen LogP contribution in [-0.2, 0) is 7.05 Å². The summed E-state index contributed by atoms with van der Waals surface area (Å²) in [6, 6.07) is 0.238. The molecule has 9 heteroatoms. The molecule has 1 fully saturated rings. The van der Waals surface area contributed by atoms with Crippen LogP contribution in [0.4, 0.5) is 10.9 Å². The summed E-state index contributed by atoms with van der Waals surface area (Å²) in [6.45, 7) is 3.55. The minimum atomic E-state index is -0.0543. The molecular weight excluding hydrogens is 326 g/mol. The smallest absolute Gasteiger partial charge is 0.293 e. The van der Waals surface area contributed by atoms with Crippen molar-refractivity contribution in [1.82, 2.24) is 24.1 Å². The molecule has 1 saturated heterocycles. The molecule has 4 heterocycles. The molecule has 0 saturated carbocycles. The lowest BCUT2D eigenvalue weighted by Crippen LogP contribution is -2.45. The minimum Gasteiger partial charge on any atom is -0.356 e. The van der Waals surface area contributed by atoms with Gasteiger partial charge in [-0.1, -0.05) is 11.3 Å². The van der Waals surface area contributed by atoms with E-state index in [0.717, 1.165) is 41.7 Å². The predicted octanol–water partition coefficient (Wildman–Crippen LogP) is 1.27. The van der Waals surface area contributed by atoms with Crippen molar-refractivity contribution in [3.8, 4) is 0 Å². The highest BCUT2D eigenvalue weighted by atomic mass is 32.1. The van der Waals surface area contributed by atoms with Crippen molar-refractivity contribution in [3.05, 3.63) is 34.6 Å². The molecule has 1 aliphatic rings. The summed E-state index contributed by atoms with van der Waals surface area (Å²) in [6.07, 6.45) is 7.33. The molecule has 8 nitrogen and oxygen atoms in total. The number of fused-ring (bicyclic) bond motifs is 1. The molecule has 24 heavy (non-hydrogen) atoms. The number of piperidine rings is 1. The molecule has 1 atom stereocenters. The van der Waals surface area contributed by atoms with Gasteiger partial charge in [-0.2, -0.15) is 0 Å². The molecule has 0 amide bonds. The number of hydrogen-bond donors (Lipinski definition) is 1. The zero-order valence-electron chi connectivity index (χ0n) is 13.6. The Labute approximate surface area is 142 Å². The van der Waals surface area contributed by atoms with E-state index in [0.29, 0.717) is 5.82 Å². The highest BCUT2D eigenvalue weighted by Crippen LogP contribution is 2.23. The van der Waals surface area contributed by atoms with Gasteiger partial charge in [-0.15, -0.1) is 5.10 Å². The summed E-state index contributed by atoms with van der Waals surface area (Å²) in [5.74, 6) is 0.524. The van der Waals surface area contributed by atoms with E-state index >= 15 is 0 Å². The van der Waals surface area contributed by atoms with Gasteiger partial charge in [-0.05, 0) is 19.8 Å². The molecule has 1 aliphatic heterocycles. The van der Waals surface area contributed by atoms with Gasteiger partial charge >= 0.3 is 0 Å². The summed E-state index contributed by atoms with van der Waals surface area (Å²) in [4.78, 5) is 23.9. The van der Waals surface area contributed by atoms with Crippen LogP contribution >= 0.6 is 11.3 Å². The first kappa shape index (κ1) is 15.1. The van der Waals surface area contributed by atoms with E-state index in [1.165, 1.54) is 0 Å². The molecule has 3 aromatic heterocycles. The second-order valence-corrected chi connectivity index (χ2v) is 7.07. The summed E-state index contributed by atoms with van der Waals surface area (Å²) < 4.78 is 3.37. The first-order chi connectivity index (χ1) is 11.6. The van der Waals surface area contributed by atoms with Crippen LogP contribution in [0.1, 0.15) is 18.5 Å². The second kappa shape index (κ2) is 5.90. The van der Waals surface area contributed by atoms with Crippen LogP contribution in [0.5, 0.6) is 0 Å². The van der Waals surface area contributed by atoms with Crippen LogP contribution in [0, 0.1) is 6.92 Å². The fourth-order valence-corrected chi connectivity index (χ4v) is 3.93. The molecule has 0 spiro atoms. The fraction of sp³-hybridized carbons (Fsp3) is 0.467. The lowest BCUT2D eigenvalue weighted by Gasteiger charge is -2.33. The van der Waals surface area contributed by atoms with E-state index in [-0.39, 0.29) is 11.6 Å². The maximum atomic E-state index is 12.3. The monoisotopic (exact) mass is 345 g/mol. The highest BCUT2D eigenvalue weighted by Gasteiger charge is 2.24. The van der Waals surface area contributed by atoms with Crippen molar-refractivity contribution < 1.29 is 0 Å². The van der Waals surface area contributed by atoms with E-state index in [4.69, 9.17) is 0 Å². The largest absolute Gasteiger partial charge is 0.356 e. The predicted molar refractivity (Wildman–Crippen MR) is 93.9 cm³/mol. The van der Waals surface area contributed by atoms with Crippen LogP contribution in [0.15, 0.2) is 23.4 Å². The third kappa shape index (κ3) is 2.75. The Hall–Kier alpha value is -2.42. The first-order valence-electron chi connectivity index (χ1n) is 7.96. The van der Waals surface area contributed by atoms with Crippen molar-refractivity contribution in [2.45, 2.75) is 25.8 Å². The molecule has 0 aromatic carbocycles. The number of anilines is 2. The zero-order chi connectivity index (χ0) is 16.7. The average molecular weight is 345 g/mol. The lowest BCUT2D eigenvalue weighted by molar-refractivity contribution is 0.523. The number of rotatable bonds is 3. The van der Waals surface area contributed by atoms with Gasteiger partial charge < -0.3 is 14.8 Å². The second-order valence-electron chi connectivity index (χ2n) is 6.11. The van der Waals surface area contributed by atoms with Crippen LogP contribution in [0.25, 0.3) is 4.96 Å². The molecule has 1 N–H and O–H groups in total. The average Bonchev–Trinajstić information content (AvgIpc) is 3.07. The van der Waals surface area contributed by atoms with Crippen molar-refractivity contribution in [2.75, 3.05) is 23.3 Å². The Balaban J connectivity index is 1.51. The van der Waals surface area contributed by atoms with Gasteiger partial charge in [-0.3, -0.25) is 4.79 Å². The SMILES string of the molecule is Cc1cn2nc(NC3CCCN(c4nccn(C)c4=O)C3)sc2n1. The Morgan fingerprint density at radius 1 is 1.42 bits per heavy atom. The number of aromatic nitrogens is 5. The van der Waals surface area contributed by atoms with E-state index < -0.39 is 0 Å². The van der Waals surface area contributed by atoms with Gasteiger partial charge in [-0.25, -0.2) is 14.5 Å². The Bertz CT molecular complexity index is 896. The van der Waals surface area contributed by atoms with Gasteiger partial charge in [0.05, 0.1) is 11.9 Å². The van der Waals surface area contributed by atoms with Crippen molar-refractivity contribution >= 4 is 27.2 Å². The molecule has 0 radical (unpaired) electrons. The van der Waals surface area contributed by atoms with Crippen LogP contribution in [-0.4, -0.2) is 43.3 Å². The first-order valence-corrected chi connectivity index (χ1v) is 8.78. The normalized spacial score (nSPS) is 18.2. The van der Waals surface area contributed by atoms with Gasteiger partial charge in [0, 0.05) is 38.6 Å². The van der Waals surface area contributed by atoms with Crippen LogP contribution in [0.3, 0.4) is 0 Å². The maximum Gasteiger partial charge on any atom is 0.293 e. The van der Waals surface area contributed by atoms with Crippen molar-refractivity contribution in [2.24, 2.45) is 7.05 Å². The minimum absolute atomic E-state index is 0.0543. The van der Waals surface area contributed by atoms with E-state index in [1.807, 2.05) is 13.1 Å². The van der Waals surface area contributed by atoms with Gasteiger partial charge in [0.2, 0.25) is 10.1 Å². The summed E-state index contributed by atoms with van der Waals surface area (Å²) in [5, 5.41) is 8.86. The zero-order valence-corrected chi connectivity index (χ0v) is 14.5. The van der Waals surface area contributed by atoms with Crippen molar-refractivity contribution in [1.29, 1.82) is 0 Å². The number of hydrogen-bond acceptors (Lipinski definition) is 7. The Kier molecular flexibility index (Phi) is 3.72. The number of imidazole rings is 1. The highest BCUT2D eigenvalue weighted by molar-refractivity contribution is 7.20. The summed E-state index contributed by atoms with van der Waals surface area (Å²) in [5.41, 5.74) is 0.913. The Morgan fingerprint density at radius 3 is 3.12 bits per heavy atom. The molecule has 0 bridgehead atoms. The third-order valence-electron chi connectivity index (χ3n) is 4.21. The summed E-state index contributed by atoms with van der Waals surface area (Å²) in [7, 11) is 1.75. The number of nitrogens with one attached hydrogen (secondary N) is 1. The number of aryl methyl sites for hydroxylation is 2. The van der Waals surface area contributed by atoms with E-state index in [2.05, 4.69) is 25.3 Å². The quantitative estimate of drug-likeness (QED) is 0.770. The Morgan fingerprint density at radius 2 is 2.29 bits per heavy atom. The molecule has 126 valence electrons. The summed E-state index contributed by atoms with van der Waals surface area (Å²) >= 11 is 1.54. The van der Waals surface area contributed by atoms with Gasteiger partial charge in [0.1, 0.15) is 0 Å². The van der Waals surface area contributed by atoms with Crippen LogP contribution < -0.4 is 15.8 Å². The van der Waals surface area contributed by atoms with Gasteiger partial charge in [0.15, 0.2) is 5.82 Å². The van der Waals surface area contributed by atoms with E-state index in [9.17, 15) is 4.79 Å².